The number of anilines is 1. The average molecular weight is 497 g/mol. The molecule has 0 bridgehead atoms. The smallest absolute Gasteiger partial charge is 0.261 e. The van der Waals surface area contributed by atoms with E-state index >= 15 is 0 Å². The molecule has 3 aliphatic heterocycles. The average Bonchev–Trinajstić information content (AvgIpc) is 3.64. The van der Waals surface area contributed by atoms with Crippen LogP contribution < -0.4 is 10.2 Å². The van der Waals surface area contributed by atoms with E-state index in [2.05, 4.69) is 10.2 Å². The van der Waals surface area contributed by atoms with Crippen LogP contribution in [0.2, 0.25) is 0 Å². The molecule has 1 N–H and O–H groups in total. The highest BCUT2D eigenvalue weighted by atomic mass is 32.1. The summed E-state index contributed by atoms with van der Waals surface area (Å²) in [7, 11) is 0. The molecule has 9 heteroatoms. The summed E-state index contributed by atoms with van der Waals surface area (Å²) in [6.07, 6.45) is 3.09. The van der Waals surface area contributed by atoms with Gasteiger partial charge in [0.25, 0.3) is 17.7 Å². The molecule has 3 fully saturated rings. The molecule has 35 heavy (non-hydrogen) atoms. The van der Waals surface area contributed by atoms with Crippen molar-refractivity contribution in [1.29, 1.82) is 0 Å². The lowest BCUT2D eigenvalue weighted by atomic mass is 10.0. The van der Waals surface area contributed by atoms with Gasteiger partial charge in [-0.25, -0.2) is 0 Å². The van der Waals surface area contributed by atoms with Crippen LogP contribution in [0, 0.1) is 0 Å². The zero-order valence-electron chi connectivity index (χ0n) is 19.9. The lowest BCUT2D eigenvalue weighted by Gasteiger charge is -2.37. The monoisotopic (exact) mass is 496 g/mol. The van der Waals surface area contributed by atoms with Crippen molar-refractivity contribution in [1.82, 2.24) is 15.1 Å². The predicted octanol–water partition coefficient (Wildman–Crippen LogP) is 2.61. The number of carbonyl (C=O) groups excluding carboxylic acids is 3. The maximum Gasteiger partial charge on any atom is 0.261 e. The highest BCUT2D eigenvalue weighted by Gasteiger charge is 2.32. The number of piperazine rings is 1. The number of piperidine rings is 1. The number of nitrogens with one attached hydrogen (secondary N) is 1. The second-order valence-electron chi connectivity index (χ2n) is 9.35. The van der Waals surface area contributed by atoms with Crippen molar-refractivity contribution in [2.24, 2.45) is 0 Å². The third kappa shape index (κ3) is 5.36. The fraction of sp³-hybridized carbons (Fsp3) is 0.500. The summed E-state index contributed by atoms with van der Waals surface area (Å²) >= 11 is 1.45. The predicted molar refractivity (Wildman–Crippen MR) is 135 cm³/mol. The fourth-order valence-corrected chi connectivity index (χ4v) is 5.76. The molecule has 8 nitrogen and oxygen atoms in total. The summed E-state index contributed by atoms with van der Waals surface area (Å²) in [4.78, 5) is 45.1. The van der Waals surface area contributed by atoms with Crippen molar-refractivity contribution in [3.8, 4) is 0 Å². The maximum absolute atomic E-state index is 13.5. The van der Waals surface area contributed by atoms with Crippen LogP contribution in [0.5, 0.6) is 0 Å². The third-order valence-corrected chi connectivity index (χ3v) is 8.00. The van der Waals surface area contributed by atoms with Crippen molar-refractivity contribution in [2.75, 3.05) is 50.8 Å². The van der Waals surface area contributed by atoms with E-state index in [9.17, 15) is 14.4 Å². The van der Waals surface area contributed by atoms with Gasteiger partial charge < -0.3 is 24.8 Å². The molecule has 1 aromatic carbocycles. The Morgan fingerprint density at radius 3 is 2.31 bits per heavy atom. The number of hydrogen-bond donors (Lipinski definition) is 1. The van der Waals surface area contributed by atoms with Gasteiger partial charge in [-0.2, -0.15) is 0 Å². The first kappa shape index (κ1) is 23.8. The van der Waals surface area contributed by atoms with Crippen molar-refractivity contribution in [3.05, 3.63) is 52.2 Å². The number of hydrogen-bond acceptors (Lipinski definition) is 6. The summed E-state index contributed by atoms with van der Waals surface area (Å²) < 4.78 is 5.54. The van der Waals surface area contributed by atoms with Crippen LogP contribution in [0.3, 0.4) is 0 Å². The summed E-state index contributed by atoms with van der Waals surface area (Å²) in [5.41, 5.74) is 1.64. The normalized spacial score (nSPS) is 21.3. The topological polar surface area (TPSA) is 82.2 Å². The minimum atomic E-state index is -0.309. The quantitative estimate of drug-likeness (QED) is 0.688. The number of benzene rings is 1. The number of nitrogens with zero attached hydrogens (tertiary/aromatic N) is 3. The van der Waals surface area contributed by atoms with E-state index in [1.165, 1.54) is 11.3 Å². The number of thiophene rings is 1. The fourth-order valence-electron chi connectivity index (χ4n) is 5.14. The Kier molecular flexibility index (Phi) is 7.34. The van der Waals surface area contributed by atoms with Crippen LogP contribution in [-0.4, -0.2) is 85.5 Å². The van der Waals surface area contributed by atoms with Gasteiger partial charge >= 0.3 is 0 Å². The number of rotatable bonds is 5. The Morgan fingerprint density at radius 1 is 0.886 bits per heavy atom. The van der Waals surface area contributed by atoms with Crippen molar-refractivity contribution in [3.63, 3.8) is 0 Å². The lowest BCUT2D eigenvalue weighted by molar-refractivity contribution is -0.142. The third-order valence-electron chi connectivity index (χ3n) is 7.13. The minimum Gasteiger partial charge on any atom is -0.371 e. The van der Waals surface area contributed by atoms with Gasteiger partial charge in [0.15, 0.2) is 0 Å². The van der Waals surface area contributed by atoms with Crippen LogP contribution in [0.25, 0.3) is 0 Å². The van der Waals surface area contributed by atoms with Gasteiger partial charge in [0.1, 0.15) is 6.10 Å². The molecule has 1 aromatic heterocycles. The van der Waals surface area contributed by atoms with E-state index in [1.807, 2.05) is 51.6 Å². The lowest BCUT2D eigenvalue weighted by Crippen LogP contribution is -2.53. The molecule has 5 rings (SSSR count). The van der Waals surface area contributed by atoms with E-state index in [4.69, 9.17) is 4.74 Å². The van der Waals surface area contributed by atoms with Crippen molar-refractivity contribution >= 4 is 34.7 Å². The zero-order valence-corrected chi connectivity index (χ0v) is 20.7. The molecule has 3 aliphatic rings. The van der Waals surface area contributed by atoms with Gasteiger partial charge in [-0.1, -0.05) is 18.2 Å². The van der Waals surface area contributed by atoms with Crippen molar-refractivity contribution < 1.29 is 19.1 Å². The number of carbonyl (C=O) groups is 3. The van der Waals surface area contributed by atoms with Crippen LogP contribution in [0.15, 0.2) is 41.8 Å². The van der Waals surface area contributed by atoms with Crippen molar-refractivity contribution in [2.45, 2.75) is 37.8 Å². The summed E-state index contributed by atoms with van der Waals surface area (Å²) in [5.74, 6) is 0.0631. The highest BCUT2D eigenvalue weighted by molar-refractivity contribution is 7.12. The van der Waals surface area contributed by atoms with E-state index in [-0.39, 0.29) is 29.9 Å². The highest BCUT2D eigenvalue weighted by Crippen LogP contribution is 2.26. The standard InChI is InChI=1S/C26H32N4O4S/c31-24(23-8-4-18-35-23)27-19-9-11-28(12-10-19)21-6-2-1-5-20(21)25(32)29-13-15-30(16-14-29)26(33)22-7-3-17-34-22/h1-2,4-6,8,18-19,22H,3,7,9-17H2,(H,27,31). The Hall–Kier alpha value is -2.91. The number of para-hydroxylation sites is 1. The molecular formula is C26H32N4O4S. The molecule has 1 atom stereocenters. The van der Waals surface area contributed by atoms with Gasteiger partial charge in [-0.05, 0) is 49.3 Å². The van der Waals surface area contributed by atoms with E-state index in [0.29, 0.717) is 38.3 Å². The van der Waals surface area contributed by atoms with E-state index < -0.39 is 0 Å². The Balaban J connectivity index is 1.17. The van der Waals surface area contributed by atoms with Crippen LogP contribution in [-0.2, 0) is 9.53 Å². The molecule has 3 saturated heterocycles. The van der Waals surface area contributed by atoms with Gasteiger partial charge in [0, 0.05) is 57.6 Å². The first-order chi connectivity index (χ1) is 17.1. The Labute approximate surface area is 209 Å². The molecule has 4 heterocycles. The molecule has 0 aliphatic carbocycles. The van der Waals surface area contributed by atoms with Gasteiger partial charge in [-0.15, -0.1) is 11.3 Å². The first-order valence-electron chi connectivity index (χ1n) is 12.5. The summed E-state index contributed by atoms with van der Waals surface area (Å²) in [6, 6.07) is 11.6. The molecule has 186 valence electrons. The van der Waals surface area contributed by atoms with E-state index in [0.717, 1.165) is 49.3 Å². The second kappa shape index (κ2) is 10.8. The second-order valence-corrected chi connectivity index (χ2v) is 10.3. The largest absolute Gasteiger partial charge is 0.371 e. The maximum atomic E-state index is 13.5. The Bertz CT molecular complexity index is 1040. The van der Waals surface area contributed by atoms with E-state index in [1.54, 1.807) is 0 Å². The molecular weight excluding hydrogens is 464 g/mol. The molecule has 0 spiro atoms. The Morgan fingerprint density at radius 2 is 1.63 bits per heavy atom. The molecule has 0 saturated carbocycles. The van der Waals surface area contributed by atoms with Crippen LogP contribution in [0.1, 0.15) is 45.7 Å². The molecule has 2 aromatic rings. The molecule has 1 unspecified atom stereocenters. The number of ether oxygens (including phenoxy) is 1. The zero-order chi connectivity index (χ0) is 24.2. The molecule has 0 radical (unpaired) electrons. The number of amides is 3. The summed E-state index contributed by atoms with van der Waals surface area (Å²) in [6.45, 7) is 4.37. The van der Waals surface area contributed by atoms with Gasteiger partial charge in [0.2, 0.25) is 0 Å². The van der Waals surface area contributed by atoms with Crippen LogP contribution >= 0.6 is 11.3 Å². The van der Waals surface area contributed by atoms with Gasteiger partial charge in [-0.3, -0.25) is 14.4 Å². The molecule has 3 amide bonds. The minimum absolute atomic E-state index is 0.00820. The van der Waals surface area contributed by atoms with Gasteiger partial charge in [0.05, 0.1) is 10.4 Å². The summed E-state index contributed by atoms with van der Waals surface area (Å²) in [5, 5.41) is 5.05. The SMILES string of the molecule is O=C(NC1CCN(c2ccccc2C(=O)N2CCN(C(=O)C3CCCO3)CC2)CC1)c1cccs1. The first-order valence-corrected chi connectivity index (χ1v) is 13.4. The van der Waals surface area contributed by atoms with Crippen LogP contribution in [0.4, 0.5) is 5.69 Å².